The smallest absolute Gasteiger partial charge is 0.332 e. The molecule has 0 amide bonds. The van der Waals surface area contributed by atoms with Gasteiger partial charge in [-0.3, -0.25) is 0 Å². The van der Waals surface area contributed by atoms with Crippen LogP contribution in [0.15, 0.2) is 71.8 Å². The number of aliphatic hydroxyl groups excluding tert-OH is 1. The van der Waals surface area contributed by atoms with E-state index in [-0.39, 0.29) is 29.9 Å². The van der Waals surface area contributed by atoms with Crippen LogP contribution in [0.4, 0.5) is 8.78 Å². The highest BCUT2D eigenvalue weighted by Crippen LogP contribution is 2.29. The Labute approximate surface area is 230 Å². The van der Waals surface area contributed by atoms with Crippen molar-refractivity contribution in [3.63, 3.8) is 0 Å². The van der Waals surface area contributed by atoms with Crippen LogP contribution in [0, 0.1) is 11.6 Å². The number of ether oxygens (including phenoxy) is 4. The van der Waals surface area contributed by atoms with Crippen LogP contribution < -0.4 is 15.2 Å². The number of halogens is 2. The Balaban J connectivity index is 1.74. The van der Waals surface area contributed by atoms with E-state index in [4.69, 9.17) is 18.9 Å². The van der Waals surface area contributed by atoms with Crippen LogP contribution in [0.5, 0.6) is 5.75 Å². The van der Waals surface area contributed by atoms with Crippen LogP contribution in [-0.2, 0) is 25.4 Å². The summed E-state index contributed by atoms with van der Waals surface area (Å²) in [5, 5.41) is 21.3. The molecule has 0 aromatic heterocycles. The molecule has 0 saturated carbocycles. The maximum Gasteiger partial charge on any atom is 0.332 e. The third-order valence-corrected chi connectivity index (χ3v) is 6.76. The molecule has 0 aliphatic heterocycles. The molecular weight excluding hydrogens is 522 g/mol. The molecule has 2 N–H and O–H groups in total. The first kappa shape index (κ1) is 29.1. The van der Waals surface area contributed by atoms with Crippen LogP contribution in [0.25, 0.3) is 11.8 Å². The molecule has 0 radical (unpaired) electrons. The van der Waals surface area contributed by atoms with E-state index in [1.807, 2.05) is 0 Å². The molecule has 210 valence electrons. The summed E-state index contributed by atoms with van der Waals surface area (Å²) in [5.41, 5.74) is 2.64. The standard InChI is InChI=1S/C31H30F2O7/c1-37-17-28(38-2)30(39-3)21-11-23(33)14-24(12-21)40-16-18-4-9-25-20(10-18)13-26(31(35)36)27(15-34)29(25)19-5-7-22(32)8-6-19/h4-12,14,16,28,30,34H,13,15,17H2,1-3H3,(H,35,36)/t28-,30+/m1/s1. The molecule has 3 aromatic carbocycles. The van der Waals surface area contributed by atoms with Gasteiger partial charge in [0.2, 0.25) is 0 Å². The highest BCUT2D eigenvalue weighted by molar-refractivity contribution is 5.96. The Morgan fingerprint density at radius 1 is 0.975 bits per heavy atom. The molecule has 0 spiro atoms. The number of hydrogen-bond donors (Lipinski definition) is 2. The van der Waals surface area contributed by atoms with Crippen LogP contribution in [0.3, 0.4) is 0 Å². The van der Waals surface area contributed by atoms with E-state index >= 15 is 0 Å². The number of fused-ring (bicyclic) bond motifs is 1. The van der Waals surface area contributed by atoms with Gasteiger partial charge in [0, 0.05) is 44.6 Å². The topological polar surface area (TPSA) is 94.5 Å². The zero-order chi connectivity index (χ0) is 28.8. The number of benzene rings is 3. The number of carbonyl (C=O) groups is 1. The van der Waals surface area contributed by atoms with Crippen molar-refractivity contribution in [1.29, 1.82) is 0 Å². The SMILES string of the molecule is COC[C@@H](OC)[C@@H](OC)c1cc(F)cc(OC=c2ccc3c(c2)CC(C(=O)O)=C(CO)C=3c2ccc(F)cc2)c1. The molecule has 1 aliphatic rings. The fraction of sp³-hybridized carbons (Fsp3) is 0.258. The first-order valence-electron chi connectivity index (χ1n) is 12.5. The number of carboxylic acids is 1. The molecule has 0 fully saturated rings. The van der Waals surface area contributed by atoms with Crippen molar-refractivity contribution >= 4 is 17.8 Å². The molecular formula is C31H30F2O7. The van der Waals surface area contributed by atoms with Gasteiger partial charge < -0.3 is 29.2 Å². The Bertz CT molecular complexity index is 1530. The van der Waals surface area contributed by atoms with Crippen molar-refractivity contribution < 1.29 is 42.7 Å². The van der Waals surface area contributed by atoms with Gasteiger partial charge >= 0.3 is 5.97 Å². The van der Waals surface area contributed by atoms with Crippen molar-refractivity contribution in [2.75, 3.05) is 34.5 Å². The predicted molar refractivity (Wildman–Crippen MR) is 144 cm³/mol. The van der Waals surface area contributed by atoms with Crippen molar-refractivity contribution in [2.45, 2.75) is 18.6 Å². The number of rotatable bonds is 11. The fourth-order valence-electron chi connectivity index (χ4n) is 4.91. The largest absolute Gasteiger partial charge is 0.478 e. The summed E-state index contributed by atoms with van der Waals surface area (Å²) < 4.78 is 50.1. The molecule has 7 nitrogen and oxygen atoms in total. The van der Waals surface area contributed by atoms with Gasteiger partial charge in [0.05, 0.1) is 19.5 Å². The summed E-state index contributed by atoms with van der Waals surface area (Å²) in [4.78, 5) is 12.1. The first-order valence-corrected chi connectivity index (χ1v) is 12.5. The molecule has 40 heavy (non-hydrogen) atoms. The molecule has 0 saturated heterocycles. The average molecular weight is 553 g/mol. The summed E-state index contributed by atoms with van der Waals surface area (Å²) in [5.74, 6) is -1.87. The van der Waals surface area contributed by atoms with Gasteiger partial charge in [0.1, 0.15) is 29.6 Å². The number of methoxy groups -OCH3 is 3. The molecule has 0 unspecified atom stereocenters. The van der Waals surface area contributed by atoms with Crippen molar-refractivity contribution in [1.82, 2.24) is 0 Å². The van der Waals surface area contributed by atoms with Crippen LogP contribution in [0.1, 0.15) is 22.8 Å². The quantitative estimate of drug-likeness (QED) is 0.377. The van der Waals surface area contributed by atoms with E-state index in [0.29, 0.717) is 27.5 Å². The zero-order valence-electron chi connectivity index (χ0n) is 22.3. The van der Waals surface area contributed by atoms with Gasteiger partial charge in [0.25, 0.3) is 0 Å². The summed E-state index contributed by atoms with van der Waals surface area (Å²) >= 11 is 0. The van der Waals surface area contributed by atoms with Crippen LogP contribution in [0.2, 0.25) is 0 Å². The second-order valence-electron chi connectivity index (χ2n) is 9.24. The Hall–Kier alpha value is -3.89. The monoisotopic (exact) mass is 552 g/mol. The van der Waals surface area contributed by atoms with Gasteiger partial charge in [-0.25, -0.2) is 13.6 Å². The minimum Gasteiger partial charge on any atom is -0.478 e. The lowest BCUT2D eigenvalue weighted by Gasteiger charge is -2.25. The van der Waals surface area contributed by atoms with E-state index in [0.717, 1.165) is 5.22 Å². The van der Waals surface area contributed by atoms with Crippen LogP contribution >= 0.6 is 0 Å². The minimum atomic E-state index is -1.15. The van der Waals surface area contributed by atoms with Crippen molar-refractivity contribution in [3.05, 3.63) is 111 Å². The molecule has 4 rings (SSSR count). The number of aliphatic carboxylic acids is 1. The van der Waals surface area contributed by atoms with Crippen molar-refractivity contribution in [3.8, 4) is 5.75 Å². The van der Waals surface area contributed by atoms with E-state index in [2.05, 4.69) is 0 Å². The van der Waals surface area contributed by atoms with Gasteiger partial charge in [-0.1, -0.05) is 24.3 Å². The molecule has 1 aliphatic carbocycles. The molecule has 0 bridgehead atoms. The number of aliphatic hydroxyl groups is 1. The maximum atomic E-state index is 14.5. The highest BCUT2D eigenvalue weighted by Gasteiger charge is 2.26. The Morgan fingerprint density at radius 3 is 2.35 bits per heavy atom. The first-order chi connectivity index (χ1) is 19.3. The minimum absolute atomic E-state index is 0.0523. The average Bonchev–Trinajstić information content (AvgIpc) is 2.95. The summed E-state index contributed by atoms with van der Waals surface area (Å²) in [6, 6.07) is 15.2. The third-order valence-electron chi connectivity index (χ3n) is 6.76. The van der Waals surface area contributed by atoms with Crippen LogP contribution in [-0.4, -0.2) is 56.8 Å². The van der Waals surface area contributed by atoms with Gasteiger partial charge in [-0.05, 0) is 63.4 Å². The van der Waals surface area contributed by atoms with Gasteiger partial charge in [-0.2, -0.15) is 0 Å². The van der Waals surface area contributed by atoms with E-state index < -0.39 is 36.4 Å². The second kappa shape index (κ2) is 13.0. The highest BCUT2D eigenvalue weighted by atomic mass is 19.1. The Kier molecular flexibility index (Phi) is 9.44. The lowest BCUT2D eigenvalue weighted by Crippen LogP contribution is -2.27. The fourth-order valence-corrected chi connectivity index (χ4v) is 4.91. The predicted octanol–water partition coefficient (Wildman–Crippen LogP) is 3.26. The normalized spacial score (nSPS) is 15.2. The number of carboxylic acid groups (broad SMARTS) is 1. The zero-order valence-corrected chi connectivity index (χ0v) is 22.3. The lowest BCUT2D eigenvalue weighted by atomic mass is 9.83. The third kappa shape index (κ3) is 6.29. The molecule has 2 atom stereocenters. The molecule has 9 heteroatoms. The molecule has 0 heterocycles. The van der Waals surface area contributed by atoms with Gasteiger partial charge in [-0.15, -0.1) is 0 Å². The Morgan fingerprint density at radius 2 is 1.73 bits per heavy atom. The lowest BCUT2D eigenvalue weighted by molar-refractivity contribution is -0.132. The second-order valence-corrected chi connectivity index (χ2v) is 9.24. The maximum absolute atomic E-state index is 14.5. The number of hydrogen-bond acceptors (Lipinski definition) is 6. The van der Waals surface area contributed by atoms with E-state index in [1.165, 1.54) is 51.9 Å². The van der Waals surface area contributed by atoms with Gasteiger partial charge in [0.15, 0.2) is 0 Å². The summed E-state index contributed by atoms with van der Waals surface area (Å²) in [6.45, 7) is -0.242. The molecule has 3 aromatic rings. The van der Waals surface area contributed by atoms with E-state index in [9.17, 15) is 23.8 Å². The van der Waals surface area contributed by atoms with Crippen molar-refractivity contribution in [2.24, 2.45) is 0 Å². The summed E-state index contributed by atoms with van der Waals surface area (Å²) in [7, 11) is 4.55. The van der Waals surface area contributed by atoms with E-state index in [1.54, 1.807) is 36.4 Å². The summed E-state index contributed by atoms with van der Waals surface area (Å²) in [6.07, 6.45) is 0.437.